The van der Waals surface area contributed by atoms with Crippen molar-refractivity contribution in [2.75, 3.05) is 0 Å². The summed E-state index contributed by atoms with van der Waals surface area (Å²) < 4.78 is 2.26. The summed E-state index contributed by atoms with van der Waals surface area (Å²) in [6.45, 7) is 2.24. The Bertz CT molecular complexity index is 1340. The molecule has 0 fully saturated rings. The maximum atomic E-state index is 12.3. The number of nitrogens with one attached hydrogen (secondary N) is 3. The molecule has 4 rings (SSSR count). The zero-order valence-electron chi connectivity index (χ0n) is 15.7. The average molecular weight is 381 g/mol. The number of aryl methyl sites for hydroxylation is 2. The highest BCUT2D eigenvalue weighted by atomic mass is 16.2. The van der Waals surface area contributed by atoms with Crippen molar-refractivity contribution in [1.82, 2.24) is 34.4 Å². The number of rotatable bonds is 4. The minimum atomic E-state index is -0.477. The third kappa shape index (κ3) is 2.98. The number of amides is 1. The Kier molecular flexibility index (Phi) is 4.10. The zero-order valence-corrected chi connectivity index (χ0v) is 15.7. The molecule has 0 aliphatic rings. The lowest BCUT2D eigenvalue weighted by Crippen LogP contribution is -2.36. The van der Waals surface area contributed by atoms with E-state index in [4.69, 9.17) is 0 Å². The molecule has 10 heteroatoms. The molecule has 0 atom stereocenters. The number of fused-ring (bicyclic) bond motifs is 2. The maximum Gasteiger partial charge on any atom is 0.332 e. The molecule has 0 saturated heterocycles. The fourth-order valence-electron chi connectivity index (χ4n) is 3.11. The minimum Gasteiger partial charge on any atom is -0.348 e. The van der Waals surface area contributed by atoms with Gasteiger partial charge in [0.15, 0.2) is 5.65 Å². The van der Waals surface area contributed by atoms with Crippen LogP contribution in [0.1, 0.15) is 17.2 Å². The van der Waals surface area contributed by atoms with Crippen molar-refractivity contribution >= 4 is 28.1 Å². The Labute approximate surface area is 158 Å². The van der Waals surface area contributed by atoms with E-state index in [1.165, 1.54) is 18.7 Å². The first-order valence-electron chi connectivity index (χ1n) is 8.70. The molecule has 0 aliphatic carbocycles. The van der Waals surface area contributed by atoms with Crippen molar-refractivity contribution in [2.24, 2.45) is 14.1 Å². The summed E-state index contributed by atoms with van der Waals surface area (Å²) in [5, 5.41) is 2.77. The van der Waals surface area contributed by atoms with Crippen LogP contribution in [0.15, 0.2) is 27.8 Å². The second-order valence-electron chi connectivity index (χ2n) is 6.75. The number of aromatic nitrogens is 6. The summed E-state index contributed by atoms with van der Waals surface area (Å²) in [4.78, 5) is 51.1. The number of aromatic amines is 2. The predicted molar refractivity (Wildman–Crippen MR) is 103 cm³/mol. The van der Waals surface area contributed by atoms with E-state index in [2.05, 4.69) is 25.3 Å². The number of hydrogen-bond acceptors (Lipinski definition) is 5. The molecule has 3 aromatic heterocycles. The summed E-state index contributed by atoms with van der Waals surface area (Å²) in [5.41, 5.74) is 2.35. The standard InChI is InChI=1S/C18H19N7O3/c1-9-4-5-10-11(6-9)21-13(20-10)8-19-14(26)7-12-22-15-16(23-12)24(2)18(28)25(3)17(15)27/h4-6H,7-8H2,1-3H3,(H,19,26)(H,20,21)(H,22,23). The Morgan fingerprint density at radius 1 is 1.11 bits per heavy atom. The Balaban J connectivity index is 1.50. The number of carbonyl (C=O) groups is 1. The van der Waals surface area contributed by atoms with E-state index in [0.29, 0.717) is 11.6 Å². The number of carbonyl (C=O) groups excluding carboxylic acids is 1. The smallest absolute Gasteiger partial charge is 0.332 e. The van der Waals surface area contributed by atoms with Crippen molar-refractivity contribution in [3.63, 3.8) is 0 Å². The van der Waals surface area contributed by atoms with E-state index >= 15 is 0 Å². The van der Waals surface area contributed by atoms with Crippen molar-refractivity contribution in [3.05, 3.63) is 56.2 Å². The van der Waals surface area contributed by atoms with Crippen LogP contribution in [0, 0.1) is 6.92 Å². The van der Waals surface area contributed by atoms with E-state index in [0.717, 1.165) is 21.2 Å². The Morgan fingerprint density at radius 2 is 1.89 bits per heavy atom. The molecule has 0 saturated carbocycles. The van der Waals surface area contributed by atoms with Crippen LogP contribution in [-0.2, 0) is 31.9 Å². The SMILES string of the molecule is Cc1ccc2nc(CNC(=O)Cc3nc4c([nH]3)c(=O)n(C)c(=O)n4C)[nH]c2c1. The second-order valence-corrected chi connectivity index (χ2v) is 6.75. The second kappa shape index (κ2) is 6.48. The first kappa shape index (κ1) is 17.7. The van der Waals surface area contributed by atoms with Gasteiger partial charge in [-0.3, -0.25) is 18.7 Å². The quantitative estimate of drug-likeness (QED) is 0.458. The van der Waals surface area contributed by atoms with Crippen molar-refractivity contribution in [2.45, 2.75) is 19.9 Å². The molecule has 3 N–H and O–H groups in total. The van der Waals surface area contributed by atoms with Gasteiger partial charge >= 0.3 is 5.69 Å². The Hall–Kier alpha value is -3.69. The van der Waals surface area contributed by atoms with Crippen LogP contribution in [0.2, 0.25) is 0 Å². The highest BCUT2D eigenvalue weighted by Crippen LogP contribution is 2.13. The molecule has 144 valence electrons. The van der Waals surface area contributed by atoms with E-state index in [1.807, 2.05) is 25.1 Å². The molecule has 28 heavy (non-hydrogen) atoms. The summed E-state index contributed by atoms with van der Waals surface area (Å²) in [6.07, 6.45) is -0.0502. The topological polar surface area (TPSA) is 130 Å². The number of H-pyrrole nitrogens is 2. The van der Waals surface area contributed by atoms with E-state index in [1.54, 1.807) is 0 Å². The highest BCUT2D eigenvalue weighted by molar-refractivity contribution is 5.80. The third-order valence-corrected chi connectivity index (χ3v) is 4.61. The highest BCUT2D eigenvalue weighted by Gasteiger charge is 2.15. The summed E-state index contributed by atoms with van der Waals surface area (Å²) in [6, 6.07) is 5.89. The monoisotopic (exact) mass is 381 g/mol. The number of hydrogen-bond donors (Lipinski definition) is 3. The fraction of sp³-hybridized carbons (Fsp3) is 0.278. The van der Waals surface area contributed by atoms with Crippen LogP contribution in [0.3, 0.4) is 0 Å². The third-order valence-electron chi connectivity index (χ3n) is 4.61. The molecule has 0 aliphatic heterocycles. The normalized spacial score (nSPS) is 11.4. The van der Waals surface area contributed by atoms with Gasteiger partial charge in [0.05, 0.1) is 24.0 Å². The molecular formula is C18H19N7O3. The van der Waals surface area contributed by atoms with Gasteiger partial charge in [-0.1, -0.05) is 6.07 Å². The van der Waals surface area contributed by atoms with Gasteiger partial charge in [-0.05, 0) is 24.6 Å². The van der Waals surface area contributed by atoms with E-state index < -0.39 is 11.2 Å². The molecule has 3 heterocycles. The van der Waals surface area contributed by atoms with Crippen LogP contribution in [0.5, 0.6) is 0 Å². The van der Waals surface area contributed by atoms with Crippen LogP contribution in [-0.4, -0.2) is 35.0 Å². The molecule has 0 bridgehead atoms. The van der Waals surface area contributed by atoms with E-state index in [9.17, 15) is 14.4 Å². The molecule has 0 spiro atoms. The van der Waals surface area contributed by atoms with Gasteiger partial charge < -0.3 is 15.3 Å². The predicted octanol–water partition coefficient (Wildman–Crippen LogP) is 0.00392. The molecular weight excluding hydrogens is 362 g/mol. The lowest BCUT2D eigenvalue weighted by atomic mass is 10.2. The largest absolute Gasteiger partial charge is 0.348 e. The van der Waals surface area contributed by atoms with Gasteiger partial charge in [-0.25, -0.2) is 14.8 Å². The van der Waals surface area contributed by atoms with Gasteiger partial charge in [0.25, 0.3) is 5.56 Å². The number of nitrogens with zero attached hydrogens (tertiary/aromatic N) is 4. The fourth-order valence-corrected chi connectivity index (χ4v) is 3.11. The maximum absolute atomic E-state index is 12.3. The first-order valence-corrected chi connectivity index (χ1v) is 8.70. The summed E-state index contributed by atoms with van der Waals surface area (Å²) >= 11 is 0. The molecule has 4 aromatic rings. The lowest BCUT2D eigenvalue weighted by molar-refractivity contribution is -0.120. The number of benzene rings is 1. The van der Waals surface area contributed by atoms with Crippen LogP contribution < -0.4 is 16.6 Å². The zero-order chi connectivity index (χ0) is 20.0. The van der Waals surface area contributed by atoms with Gasteiger partial charge in [-0.15, -0.1) is 0 Å². The molecule has 1 amide bonds. The van der Waals surface area contributed by atoms with Gasteiger partial charge in [0.2, 0.25) is 5.91 Å². The molecule has 1 aromatic carbocycles. The molecule has 10 nitrogen and oxygen atoms in total. The van der Waals surface area contributed by atoms with Gasteiger partial charge in [-0.2, -0.15) is 0 Å². The van der Waals surface area contributed by atoms with Crippen LogP contribution in [0.4, 0.5) is 0 Å². The van der Waals surface area contributed by atoms with Crippen molar-refractivity contribution in [1.29, 1.82) is 0 Å². The Morgan fingerprint density at radius 3 is 2.68 bits per heavy atom. The average Bonchev–Trinajstić information content (AvgIpc) is 3.26. The van der Waals surface area contributed by atoms with Crippen LogP contribution in [0.25, 0.3) is 22.2 Å². The van der Waals surface area contributed by atoms with Crippen molar-refractivity contribution < 1.29 is 4.79 Å². The molecule has 0 unspecified atom stereocenters. The summed E-state index contributed by atoms with van der Waals surface area (Å²) in [5.74, 6) is 0.679. The van der Waals surface area contributed by atoms with Crippen molar-refractivity contribution in [3.8, 4) is 0 Å². The van der Waals surface area contributed by atoms with Crippen LogP contribution >= 0.6 is 0 Å². The molecule has 0 radical (unpaired) electrons. The minimum absolute atomic E-state index is 0.0502. The van der Waals surface area contributed by atoms with Gasteiger partial charge in [0, 0.05) is 14.1 Å². The first-order chi connectivity index (χ1) is 13.3. The van der Waals surface area contributed by atoms with Gasteiger partial charge in [0.1, 0.15) is 17.2 Å². The summed E-state index contributed by atoms with van der Waals surface area (Å²) in [7, 11) is 2.92. The lowest BCUT2D eigenvalue weighted by Gasteiger charge is -2.01. The number of imidazole rings is 2. The van der Waals surface area contributed by atoms with E-state index in [-0.39, 0.29) is 30.0 Å².